The van der Waals surface area contributed by atoms with Gasteiger partial charge in [-0.05, 0) is 24.1 Å². The molecule has 1 heterocycles. The Bertz CT molecular complexity index is 575. The molecule has 0 amide bonds. The van der Waals surface area contributed by atoms with Gasteiger partial charge in [-0.3, -0.25) is 9.69 Å². The van der Waals surface area contributed by atoms with Crippen molar-refractivity contribution >= 4 is 17.8 Å². The minimum atomic E-state index is 0.434. The molecule has 1 fully saturated rings. The normalized spacial score (nSPS) is 15.2. The molecule has 0 spiro atoms. The average molecular weight is 330 g/mol. The van der Waals surface area contributed by atoms with Crippen LogP contribution in [0.1, 0.15) is 19.4 Å². The van der Waals surface area contributed by atoms with Gasteiger partial charge < -0.3 is 15.0 Å². The van der Waals surface area contributed by atoms with Gasteiger partial charge in [0.25, 0.3) is 6.47 Å². The number of hydrogen-bond donors (Lipinski definition) is 1. The number of rotatable bonds is 8. The first-order chi connectivity index (χ1) is 11.6. The lowest BCUT2D eigenvalue weighted by Crippen LogP contribution is -2.47. The van der Waals surface area contributed by atoms with E-state index in [4.69, 9.17) is 4.74 Å². The van der Waals surface area contributed by atoms with Crippen molar-refractivity contribution in [1.29, 1.82) is 5.26 Å². The topological polar surface area (TPSA) is 68.6 Å². The van der Waals surface area contributed by atoms with Gasteiger partial charge >= 0.3 is 0 Å². The maximum Gasteiger partial charge on any atom is 0.293 e. The van der Waals surface area contributed by atoms with Crippen LogP contribution in [0.2, 0.25) is 0 Å². The van der Waals surface area contributed by atoms with Gasteiger partial charge in [0.15, 0.2) is 0 Å². The van der Waals surface area contributed by atoms with Crippen molar-refractivity contribution in [3.8, 4) is 6.07 Å². The van der Waals surface area contributed by atoms with Crippen molar-refractivity contribution in [1.82, 2.24) is 4.90 Å². The molecule has 6 heteroatoms. The van der Waals surface area contributed by atoms with E-state index in [1.807, 2.05) is 18.2 Å². The summed E-state index contributed by atoms with van der Waals surface area (Å²) in [6.07, 6.45) is 0. The first-order valence-corrected chi connectivity index (χ1v) is 8.44. The maximum atomic E-state index is 10.2. The molecule has 1 N–H and O–H groups in total. The van der Waals surface area contributed by atoms with E-state index in [0.29, 0.717) is 24.6 Å². The van der Waals surface area contributed by atoms with Crippen molar-refractivity contribution in [3.63, 3.8) is 0 Å². The van der Waals surface area contributed by atoms with Gasteiger partial charge in [0.1, 0.15) is 12.7 Å². The van der Waals surface area contributed by atoms with Crippen molar-refractivity contribution in [2.24, 2.45) is 5.92 Å². The zero-order chi connectivity index (χ0) is 17.4. The molecule has 0 aliphatic carbocycles. The molecule has 1 aliphatic heterocycles. The van der Waals surface area contributed by atoms with Gasteiger partial charge in [-0.2, -0.15) is 5.26 Å². The Kier molecular flexibility index (Phi) is 6.89. The van der Waals surface area contributed by atoms with Gasteiger partial charge in [0.2, 0.25) is 0 Å². The quantitative estimate of drug-likeness (QED) is 0.580. The lowest BCUT2D eigenvalue weighted by Gasteiger charge is -2.36. The Balaban J connectivity index is 1.95. The number of carbonyl (C=O) groups excluding carboxylic acids is 1. The van der Waals surface area contributed by atoms with Crippen LogP contribution in [0.4, 0.5) is 11.4 Å². The molecule has 0 atom stereocenters. The Morgan fingerprint density at radius 1 is 1.33 bits per heavy atom. The third kappa shape index (κ3) is 5.14. The van der Waals surface area contributed by atoms with Crippen molar-refractivity contribution in [2.45, 2.75) is 13.8 Å². The minimum absolute atomic E-state index is 0.434. The summed E-state index contributed by atoms with van der Waals surface area (Å²) in [7, 11) is 0. The van der Waals surface area contributed by atoms with Crippen molar-refractivity contribution in [3.05, 3.63) is 23.8 Å². The van der Waals surface area contributed by atoms with E-state index >= 15 is 0 Å². The molecule has 1 aromatic rings. The van der Waals surface area contributed by atoms with Crippen LogP contribution in [0.15, 0.2) is 18.2 Å². The zero-order valence-electron chi connectivity index (χ0n) is 14.5. The summed E-state index contributed by atoms with van der Waals surface area (Å²) < 4.78 is 4.75. The Labute approximate surface area is 144 Å². The third-order valence-corrected chi connectivity index (χ3v) is 4.14. The summed E-state index contributed by atoms with van der Waals surface area (Å²) >= 11 is 0. The highest BCUT2D eigenvalue weighted by atomic mass is 16.5. The van der Waals surface area contributed by atoms with E-state index in [0.717, 1.165) is 50.6 Å². The summed E-state index contributed by atoms with van der Waals surface area (Å²) in [4.78, 5) is 14.7. The minimum Gasteiger partial charge on any atom is -0.467 e. The highest BCUT2D eigenvalue weighted by Gasteiger charge is 2.19. The predicted molar refractivity (Wildman–Crippen MR) is 95.2 cm³/mol. The first kappa shape index (κ1) is 18.1. The number of carbonyl (C=O) groups is 1. The second-order valence-corrected chi connectivity index (χ2v) is 6.41. The molecule has 1 aliphatic rings. The average Bonchev–Trinajstić information content (AvgIpc) is 2.60. The molecular formula is C18H26N4O2. The number of benzene rings is 1. The number of anilines is 2. The second-order valence-electron chi connectivity index (χ2n) is 6.41. The van der Waals surface area contributed by atoms with Gasteiger partial charge in [0, 0.05) is 45.0 Å². The molecule has 0 bridgehead atoms. The maximum absolute atomic E-state index is 10.2. The molecule has 0 aromatic heterocycles. The monoisotopic (exact) mass is 330 g/mol. The number of nitrogens with zero attached hydrogens (tertiary/aromatic N) is 3. The molecular weight excluding hydrogens is 304 g/mol. The Morgan fingerprint density at radius 2 is 2.08 bits per heavy atom. The number of hydrogen-bond acceptors (Lipinski definition) is 6. The number of piperazine rings is 1. The van der Waals surface area contributed by atoms with E-state index < -0.39 is 0 Å². The van der Waals surface area contributed by atoms with Gasteiger partial charge in [0.05, 0.1) is 11.3 Å². The van der Waals surface area contributed by atoms with Gasteiger partial charge in [-0.25, -0.2) is 0 Å². The smallest absolute Gasteiger partial charge is 0.293 e. The number of ether oxygens (including phenoxy) is 1. The molecule has 1 aromatic carbocycles. The molecule has 1 saturated heterocycles. The SMILES string of the molecule is CC(C)CNc1ccc(N2CCN(CCOC=O)CC2)c(C#N)c1. The highest BCUT2D eigenvalue weighted by molar-refractivity contribution is 5.65. The first-order valence-electron chi connectivity index (χ1n) is 8.44. The summed E-state index contributed by atoms with van der Waals surface area (Å²) in [6.45, 7) is 10.4. The van der Waals surface area contributed by atoms with Crippen molar-refractivity contribution < 1.29 is 9.53 Å². The van der Waals surface area contributed by atoms with Gasteiger partial charge in [-0.15, -0.1) is 0 Å². The molecule has 0 unspecified atom stereocenters. The number of nitrogens with one attached hydrogen (secondary N) is 1. The summed E-state index contributed by atoms with van der Waals surface area (Å²) in [6, 6.07) is 8.33. The van der Waals surface area contributed by atoms with E-state index in [1.165, 1.54) is 0 Å². The van der Waals surface area contributed by atoms with Crippen LogP contribution in [0.3, 0.4) is 0 Å². The molecule has 6 nitrogen and oxygen atoms in total. The fourth-order valence-electron chi connectivity index (χ4n) is 2.78. The van der Waals surface area contributed by atoms with E-state index in [-0.39, 0.29) is 0 Å². The highest BCUT2D eigenvalue weighted by Crippen LogP contribution is 2.25. The molecule has 130 valence electrons. The molecule has 24 heavy (non-hydrogen) atoms. The number of nitriles is 1. The Hall–Kier alpha value is -2.26. The molecule has 0 saturated carbocycles. The van der Waals surface area contributed by atoms with Crippen LogP contribution >= 0.6 is 0 Å². The van der Waals surface area contributed by atoms with E-state index in [2.05, 4.69) is 35.0 Å². The zero-order valence-corrected chi connectivity index (χ0v) is 14.5. The van der Waals surface area contributed by atoms with Crippen LogP contribution in [-0.2, 0) is 9.53 Å². The van der Waals surface area contributed by atoms with Crippen LogP contribution in [0, 0.1) is 17.2 Å². The Morgan fingerprint density at radius 3 is 2.71 bits per heavy atom. The predicted octanol–water partition coefficient (Wildman–Crippen LogP) is 1.92. The molecule has 0 radical (unpaired) electrons. The summed E-state index contributed by atoms with van der Waals surface area (Å²) in [5.74, 6) is 0.562. The van der Waals surface area contributed by atoms with E-state index in [1.54, 1.807) is 0 Å². The third-order valence-electron chi connectivity index (χ3n) is 4.14. The van der Waals surface area contributed by atoms with Crippen LogP contribution in [-0.4, -0.2) is 57.2 Å². The second kappa shape index (κ2) is 9.14. The lowest BCUT2D eigenvalue weighted by atomic mass is 10.1. The van der Waals surface area contributed by atoms with Crippen molar-refractivity contribution in [2.75, 3.05) is 56.1 Å². The van der Waals surface area contributed by atoms with E-state index in [9.17, 15) is 10.1 Å². The fourth-order valence-corrected chi connectivity index (χ4v) is 2.78. The van der Waals surface area contributed by atoms with Crippen LogP contribution in [0.25, 0.3) is 0 Å². The van der Waals surface area contributed by atoms with Gasteiger partial charge in [-0.1, -0.05) is 13.8 Å². The standard InChI is InChI=1S/C18H26N4O2/c1-15(2)13-20-17-3-4-18(16(11-17)12-19)22-7-5-21(6-8-22)9-10-24-14-23/h3-4,11,14-15,20H,5-10,13H2,1-2H3. The van der Waals surface area contributed by atoms with Crippen LogP contribution < -0.4 is 10.2 Å². The summed E-state index contributed by atoms with van der Waals surface area (Å²) in [5.41, 5.74) is 2.70. The molecule has 2 rings (SSSR count). The van der Waals surface area contributed by atoms with Crippen LogP contribution in [0.5, 0.6) is 0 Å². The fraction of sp³-hybridized carbons (Fsp3) is 0.556. The largest absolute Gasteiger partial charge is 0.467 e. The summed E-state index contributed by atoms with van der Waals surface area (Å²) in [5, 5.41) is 12.8. The lowest BCUT2D eigenvalue weighted by molar-refractivity contribution is -0.129.